The van der Waals surface area contributed by atoms with Crippen LogP contribution in [0.2, 0.25) is 0 Å². The van der Waals surface area contributed by atoms with Crippen molar-refractivity contribution in [1.82, 2.24) is 10.6 Å². The van der Waals surface area contributed by atoms with Crippen molar-refractivity contribution in [2.24, 2.45) is 11.8 Å². The third kappa shape index (κ3) is 8.11. The number of carbonyl (C=O) groups is 3. The Bertz CT molecular complexity index is 618. The van der Waals surface area contributed by atoms with Gasteiger partial charge in [0.1, 0.15) is 18.7 Å². The maximum Gasteiger partial charge on any atom is 0.408 e. The van der Waals surface area contributed by atoms with E-state index in [1.54, 1.807) is 6.92 Å². The van der Waals surface area contributed by atoms with Gasteiger partial charge >= 0.3 is 12.1 Å². The van der Waals surface area contributed by atoms with Gasteiger partial charge < -0.3 is 20.5 Å². The summed E-state index contributed by atoms with van der Waals surface area (Å²) in [7, 11) is 0. The van der Waals surface area contributed by atoms with Crippen LogP contribution in [0.25, 0.3) is 0 Å². The molecule has 0 aliphatic rings. The fraction of sp³-hybridized carbons (Fsp3) is 0.550. The molecule has 1 rings (SSSR count). The van der Waals surface area contributed by atoms with Crippen molar-refractivity contribution in [3.8, 4) is 0 Å². The highest BCUT2D eigenvalue weighted by atomic mass is 16.5. The Morgan fingerprint density at radius 1 is 1.07 bits per heavy atom. The van der Waals surface area contributed by atoms with Gasteiger partial charge in [0, 0.05) is 0 Å². The van der Waals surface area contributed by atoms with Crippen molar-refractivity contribution >= 4 is 18.0 Å². The molecule has 150 valence electrons. The zero-order chi connectivity index (χ0) is 20.4. The number of amides is 2. The average Bonchev–Trinajstić information content (AvgIpc) is 2.63. The summed E-state index contributed by atoms with van der Waals surface area (Å²) in [6, 6.07) is 7.34. The number of benzene rings is 1. The second-order valence-electron chi connectivity index (χ2n) is 7.10. The first kappa shape index (κ1) is 22.5. The third-order valence-corrected chi connectivity index (χ3v) is 4.31. The molecule has 1 aromatic rings. The van der Waals surface area contributed by atoms with Gasteiger partial charge in [-0.15, -0.1) is 0 Å². The van der Waals surface area contributed by atoms with E-state index in [-0.39, 0.29) is 18.4 Å². The maximum absolute atomic E-state index is 12.6. The molecule has 3 atom stereocenters. The van der Waals surface area contributed by atoms with Crippen LogP contribution in [0.4, 0.5) is 4.79 Å². The van der Waals surface area contributed by atoms with Gasteiger partial charge in [0.15, 0.2) is 0 Å². The molecule has 0 radical (unpaired) electrons. The molecule has 0 saturated heterocycles. The molecule has 0 spiro atoms. The molecule has 1 aromatic carbocycles. The Kier molecular flexibility index (Phi) is 9.33. The lowest BCUT2D eigenvalue weighted by Crippen LogP contribution is -2.53. The normalized spacial score (nSPS) is 14.1. The Morgan fingerprint density at radius 2 is 1.70 bits per heavy atom. The zero-order valence-electron chi connectivity index (χ0n) is 16.4. The highest BCUT2D eigenvalue weighted by Gasteiger charge is 2.30. The van der Waals surface area contributed by atoms with Gasteiger partial charge in [-0.2, -0.15) is 0 Å². The van der Waals surface area contributed by atoms with Gasteiger partial charge in [-0.1, -0.05) is 64.4 Å². The van der Waals surface area contributed by atoms with Gasteiger partial charge in [-0.05, 0) is 23.8 Å². The van der Waals surface area contributed by atoms with Gasteiger partial charge in [-0.25, -0.2) is 9.59 Å². The highest BCUT2D eigenvalue weighted by molar-refractivity contribution is 5.89. The number of rotatable bonds is 10. The second kappa shape index (κ2) is 11.2. The molecule has 0 aliphatic heterocycles. The predicted octanol–water partition coefficient (Wildman–Crippen LogP) is 2.94. The van der Waals surface area contributed by atoms with E-state index in [0.29, 0.717) is 12.8 Å². The smallest absolute Gasteiger partial charge is 0.408 e. The minimum atomic E-state index is -1.09. The predicted molar refractivity (Wildman–Crippen MR) is 102 cm³/mol. The van der Waals surface area contributed by atoms with Crippen LogP contribution < -0.4 is 10.6 Å². The maximum atomic E-state index is 12.6. The molecule has 0 aromatic heterocycles. The molecule has 0 aliphatic carbocycles. The summed E-state index contributed by atoms with van der Waals surface area (Å²) in [5.41, 5.74) is 0.834. The Balaban J connectivity index is 2.71. The number of aliphatic carboxylic acids is 1. The topological polar surface area (TPSA) is 105 Å². The van der Waals surface area contributed by atoms with Crippen LogP contribution in [0.5, 0.6) is 0 Å². The fourth-order valence-corrected chi connectivity index (χ4v) is 2.55. The van der Waals surface area contributed by atoms with Gasteiger partial charge in [0.25, 0.3) is 0 Å². The minimum absolute atomic E-state index is 0.0906. The molecule has 0 saturated carbocycles. The summed E-state index contributed by atoms with van der Waals surface area (Å²) >= 11 is 0. The van der Waals surface area contributed by atoms with E-state index in [4.69, 9.17) is 4.74 Å². The number of alkyl carbamates (subject to hydrolysis) is 1. The molecule has 2 amide bonds. The first-order valence-electron chi connectivity index (χ1n) is 9.24. The summed E-state index contributed by atoms with van der Waals surface area (Å²) in [4.78, 5) is 36.1. The molecular weight excluding hydrogens is 348 g/mol. The van der Waals surface area contributed by atoms with Gasteiger partial charge in [0.05, 0.1) is 0 Å². The lowest BCUT2D eigenvalue weighted by molar-refractivity contribution is -0.143. The Labute approximate surface area is 160 Å². The van der Waals surface area contributed by atoms with Crippen LogP contribution in [0.1, 0.15) is 46.1 Å². The first-order chi connectivity index (χ1) is 12.7. The van der Waals surface area contributed by atoms with Crippen molar-refractivity contribution in [2.45, 2.75) is 59.2 Å². The SMILES string of the molecule is CCC(C)[C@H](NC(=O)[C@H](CC(C)C)NC(=O)OCc1ccccc1)C(=O)O. The van der Waals surface area contributed by atoms with Crippen LogP contribution >= 0.6 is 0 Å². The monoisotopic (exact) mass is 378 g/mol. The summed E-state index contributed by atoms with van der Waals surface area (Å²) in [5.74, 6) is -1.71. The second-order valence-corrected chi connectivity index (χ2v) is 7.10. The van der Waals surface area contributed by atoms with E-state index in [1.165, 1.54) is 0 Å². The molecule has 0 heterocycles. The van der Waals surface area contributed by atoms with E-state index < -0.39 is 30.1 Å². The lowest BCUT2D eigenvalue weighted by Gasteiger charge is -2.25. The van der Waals surface area contributed by atoms with Crippen molar-refractivity contribution in [2.75, 3.05) is 0 Å². The molecule has 7 heteroatoms. The number of hydrogen-bond donors (Lipinski definition) is 3. The van der Waals surface area contributed by atoms with Crippen LogP contribution in [-0.2, 0) is 20.9 Å². The average molecular weight is 378 g/mol. The van der Waals surface area contributed by atoms with Crippen LogP contribution in [-0.4, -0.2) is 35.2 Å². The number of carboxylic acid groups (broad SMARTS) is 1. The van der Waals surface area contributed by atoms with Crippen molar-refractivity contribution in [3.63, 3.8) is 0 Å². The molecule has 1 unspecified atom stereocenters. The first-order valence-corrected chi connectivity index (χ1v) is 9.24. The van der Waals surface area contributed by atoms with Crippen molar-refractivity contribution in [1.29, 1.82) is 0 Å². The molecule has 0 bridgehead atoms. The van der Waals surface area contributed by atoms with Crippen LogP contribution in [0, 0.1) is 11.8 Å². The number of hydrogen-bond acceptors (Lipinski definition) is 4. The summed E-state index contributed by atoms with van der Waals surface area (Å²) < 4.78 is 5.16. The fourth-order valence-electron chi connectivity index (χ4n) is 2.55. The lowest BCUT2D eigenvalue weighted by atomic mass is 9.97. The van der Waals surface area contributed by atoms with E-state index in [2.05, 4.69) is 10.6 Å². The van der Waals surface area contributed by atoms with Gasteiger partial charge in [-0.3, -0.25) is 4.79 Å². The van der Waals surface area contributed by atoms with E-state index in [9.17, 15) is 19.5 Å². The minimum Gasteiger partial charge on any atom is -0.480 e. The number of ether oxygens (including phenoxy) is 1. The third-order valence-electron chi connectivity index (χ3n) is 4.31. The van der Waals surface area contributed by atoms with Gasteiger partial charge in [0.2, 0.25) is 5.91 Å². The highest BCUT2D eigenvalue weighted by Crippen LogP contribution is 2.11. The standard InChI is InChI=1S/C20H30N2O5/c1-5-14(4)17(19(24)25)22-18(23)16(11-13(2)3)21-20(26)27-12-15-9-7-6-8-10-15/h6-10,13-14,16-17H,5,11-12H2,1-4H3,(H,21,26)(H,22,23)(H,24,25)/t14?,16-,17-/m0/s1. The molecule has 0 fully saturated rings. The summed E-state index contributed by atoms with van der Waals surface area (Å²) in [6.45, 7) is 7.55. The number of nitrogens with one attached hydrogen (secondary N) is 2. The van der Waals surface area contributed by atoms with Crippen LogP contribution in [0.3, 0.4) is 0 Å². The quantitative estimate of drug-likeness (QED) is 0.581. The van der Waals surface area contributed by atoms with Crippen molar-refractivity contribution < 1.29 is 24.2 Å². The molecule has 27 heavy (non-hydrogen) atoms. The van der Waals surface area contributed by atoms with E-state index >= 15 is 0 Å². The van der Waals surface area contributed by atoms with E-state index in [0.717, 1.165) is 5.56 Å². The number of carbonyl (C=O) groups excluding carboxylic acids is 2. The molecule has 7 nitrogen and oxygen atoms in total. The van der Waals surface area contributed by atoms with E-state index in [1.807, 2.05) is 51.1 Å². The zero-order valence-corrected chi connectivity index (χ0v) is 16.4. The number of carboxylic acids is 1. The molecule has 3 N–H and O–H groups in total. The largest absolute Gasteiger partial charge is 0.480 e. The summed E-state index contributed by atoms with van der Waals surface area (Å²) in [5, 5.41) is 14.4. The summed E-state index contributed by atoms with van der Waals surface area (Å²) in [6.07, 6.45) is 0.271. The Hall–Kier alpha value is -2.57. The van der Waals surface area contributed by atoms with Crippen LogP contribution in [0.15, 0.2) is 30.3 Å². The Morgan fingerprint density at radius 3 is 2.22 bits per heavy atom. The molecular formula is C20H30N2O5. The van der Waals surface area contributed by atoms with Crippen molar-refractivity contribution in [3.05, 3.63) is 35.9 Å².